The minimum Gasteiger partial charge on any atom is -0.258 e. The third kappa shape index (κ3) is 2.47. The van der Waals surface area contributed by atoms with Crippen molar-refractivity contribution < 1.29 is 18.1 Å². The van der Waals surface area contributed by atoms with Gasteiger partial charge in [-0.1, -0.05) is 0 Å². The van der Waals surface area contributed by atoms with Crippen molar-refractivity contribution >= 4 is 21.6 Å². The second-order valence-electron chi connectivity index (χ2n) is 2.90. The topological polar surface area (TPSA) is 43.1 Å². The number of halogens is 4. The minimum absolute atomic E-state index is 0.167. The predicted molar refractivity (Wildman–Crippen MR) is 50.5 cm³/mol. The van der Waals surface area contributed by atoms with Gasteiger partial charge >= 0.3 is 6.18 Å². The molecular weight excluding hydrogens is 279 g/mol. The van der Waals surface area contributed by atoms with E-state index in [9.17, 15) is 23.3 Å². The number of benzene rings is 1. The maximum Gasteiger partial charge on any atom is 0.423 e. The van der Waals surface area contributed by atoms with Gasteiger partial charge in [0.1, 0.15) is 5.56 Å². The molecule has 0 saturated heterocycles. The Morgan fingerprint density at radius 3 is 2.33 bits per heavy atom. The molecule has 0 heterocycles. The molecule has 0 unspecified atom stereocenters. The Balaban J connectivity index is 3.54. The Bertz CT molecular complexity index is 417. The molecule has 0 aliphatic carbocycles. The first-order valence-electron chi connectivity index (χ1n) is 3.75. The number of rotatable bonds is 1. The van der Waals surface area contributed by atoms with Crippen LogP contribution in [0, 0.1) is 17.0 Å². The van der Waals surface area contributed by atoms with Crippen LogP contribution < -0.4 is 0 Å². The van der Waals surface area contributed by atoms with Gasteiger partial charge in [0.05, 0.1) is 9.40 Å². The van der Waals surface area contributed by atoms with E-state index in [1.54, 1.807) is 0 Å². The Labute approximate surface area is 91.2 Å². The van der Waals surface area contributed by atoms with Crippen molar-refractivity contribution in [2.75, 3.05) is 0 Å². The molecule has 1 aromatic rings. The van der Waals surface area contributed by atoms with Crippen LogP contribution in [0.25, 0.3) is 0 Å². The van der Waals surface area contributed by atoms with E-state index in [2.05, 4.69) is 15.9 Å². The van der Waals surface area contributed by atoms with E-state index in [0.717, 1.165) is 6.07 Å². The van der Waals surface area contributed by atoms with Crippen molar-refractivity contribution in [3.63, 3.8) is 0 Å². The van der Waals surface area contributed by atoms with Crippen molar-refractivity contribution in [1.29, 1.82) is 0 Å². The third-order valence-electron chi connectivity index (χ3n) is 1.70. The van der Waals surface area contributed by atoms with E-state index in [1.807, 2.05) is 0 Å². The molecule has 0 radical (unpaired) electrons. The highest BCUT2D eigenvalue weighted by Crippen LogP contribution is 2.40. The lowest BCUT2D eigenvalue weighted by atomic mass is 10.1. The van der Waals surface area contributed by atoms with E-state index in [4.69, 9.17) is 0 Å². The number of nitro benzene ring substituents is 1. The monoisotopic (exact) mass is 283 g/mol. The number of nitro groups is 1. The Morgan fingerprint density at radius 2 is 1.93 bits per heavy atom. The summed E-state index contributed by atoms with van der Waals surface area (Å²) in [6, 6.07) is 2.02. The molecule has 82 valence electrons. The zero-order valence-corrected chi connectivity index (χ0v) is 9.02. The number of alkyl halides is 3. The zero-order chi connectivity index (χ0) is 11.8. The van der Waals surface area contributed by atoms with E-state index >= 15 is 0 Å². The SMILES string of the molecule is Cc1cc(Br)c([N+](=O)[O-])c(C(F)(F)F)c1. The van der Waals surface area contributed by atoms with Crippen LogP contribution in [0.5, 0.6) is 0 Å². The number of hydrogen-bond donors (Lipinski definition) is 0. The third-order valence-corrected chi connectivity index (χ3v) is 2.30. The van der Waals surface area contributed by atoms with Gasteiger partial charge in [0.25, 0.3) is 5.69 Å². The average molecular weight is 284 g/mol. The molecule has 3 nitrogen and oxygen atoms in total. The fourth-order valence-electron chi connectivity index (χ4n) is 1.14. The Morgan fingerprint density at radius 1 is 1.40 bits per heavy atom. The van der Waals surface area contributed by atoms with Gasteiger partial charge in [0.2, 0.25) is 0 Å². The molecule has 7 heteroatoms. The second-order valence-corrected chi connectivity index (χ2v) is 3.75. The summed E-state index contributed by atoms with van der Waals surface area (Å²) in [7, 11) is 0. The van der Waals surface area contributed by atoms with Gasteiger partial charge in [-0.05, 0) is 40.5 Å². The summed E-state index contributed by atoms with van der Waals surface area (Å²) in [5.74, 6) is 0. The van der Waals surface area contributed by atoms with Crippen molar-refractivity contribution in [3.05, 3.63) is 37.8 Å². The predicted octanol–water partition coefficient (Wildman–Crippen LogP) is 3.68. The van der Waals surface area contributed by atoms with Gasteiger partial charge in [-0.25, -0.2) is 0 Å². The average Bonchev–Trinajstić information content (AvgIpc) is 1.99. The lowest BCUT2D eigenvalue weighted by Crippen LogP contribution is -2.09. The fraction of sp³-hybridized carbons (Fsp3) is 0.250. The summed E-state index contributed by atoms with van der Waals surface area (Å²) < 4.78 is 37.2. The number of nitrogens with zero attached hydrogens (tertiary/aromatic N) is 1. The quantitative estimate of drug-likeness (QED) is 0.583. The Kier molecular flexibility index (Phi) is 3.03. The van der Waals surface area contributed by atoms with Gasteiger partial charge in [-0.15, -0.1) is 0 Å². The molecule has 0 N–H and O–H groups in total. The molecule has 0 fully saturated rings. The van der Waals surface area contributed by atoms with Crippen LogP contribution in [0.15, 0.2) is 16.6 Å². The normalized spacial score (nSPS) is 11.5. The highest BCUT2D eigenvalue weighted by Gasteiger charge is 2.39. The maximum absolute atomic E-state index is 12.4. The molecule has 0 amide bonds. The number of hydrogen-bond acceptors (Lipinski definition) is 2. The van der Waals surface area contributed by atoms with Gasteiger partial charge < -0.3 is 0 Å². The summed E-state index contributed by atoms with van der Waals surface area (Å²) in [4.78, 5) is 9.43. The van der Waals surface area contributed by atoms with Crippen molar-refractivity contribution in [2.45, 2.75) is 13.1 Å². The first kappa shape index (κ1) is 12.0. The molecule has 1 rings (SSSR count). The van der Waals surface area contributed by atoms with Crippen LogP contribution in [0.1, 0.15) is 11.1 Å². The highest BCUT2D eigenvalue weighted by atomic mass is 79.9. The fourth-order valence-corrected chi connectivity index (χ4v) is 1.86. The standard InChI is InChI=1S/C8H5BrF3NO2/c1-4-2-5(8(10,11)12)7(13(14)15)6(9)3-4/h2-3H,1H3. The molecule has 0 bridgehead atoms. The molecule has 0 aromatic heterocycles. The number of aryl methyl sites for hydroxylation is 1. The second kappa shape index (κ2) is 3.80. The highest BCUT2D eigenvalue weighted by molar-refractivity contribution is 9.10. The van der Waals surface area contributed by atoms with Crippen LogP contribution in [-0.2, 0) is 6.18 Å². The summed E-state index contributed by atoms with van der Waals surface area (Å²) >= 11 is 2.75. The van der Waals surface area contributed by atoms with E-state index in [0.29, 0.717) is 5.56 Å². The largest absolute Gasteiger partial charge is 0.423 e. The maximum atomic E-state index is 12.4. The minimum atomic E-state index is -4.73. The van der Waals surface area contributed by atoms with Crippen LogP contribution in [0.4, 0.5) is 18.9 Å². The lowest BCUT2D eigenvalue weighted by molar-refractivity contribution is -0.388. The van der Waals surface area contributed by atoms with Gasteiger partial charge in [0, 0.05) is 0 Å². The molecular formula is C8H5BrF3NO2. The first-order chi connectivity index (χ1) is 6.73. The van der Waals surface area contributed by atoms with E-state index in [1.165, 1.54) is 13.0 Å². The molecule has 0 aliphatic rings. The van der Waals surface area contributed by atoms with Crippen molar-refractivity contribution in [3.8, 4) is 0 Å². The summed E-state index contributed by atoms with van der Waals surface area (Å²) in [5, 5.41) is 10.5. The van der Waals surface area contributed by atoms with E-state index < -0.39 is 22.4 Å². The van der Waals surface area contributed by atoms with E-state index in [-0.39, 0.29) is 4.47 Å². The van der Waals surface area contributed by atoms with Crippen LogP contribution in [-0.4, -0.2) is 4.92 Å². The van der Waals surface area contributed by atoms with Crippen LogP contribution in [0.3, 0.4) is 0 Å². The van der Waals surface area contributed by atoms with Gasteiger partial charge in [-0.2, -0.15) is 13.2 Å². The van der Waals surface area contributed by atoms with Crippen molar-refractivity contribution in [1.82, 2.24) is 0 Å². The molecule has 0 aliphatic heterocycles. The Hall–Kier alpha value is -1.11. The van der Waals surface area contributed by atoms with Crippen molar-refractivity contribution in [2.24, 2.45) is 0 Å². The molecule has 0 atom stereocenters. The first-order valence-corrected chi connectivity index (χ1v) is 4.54. The smallest absolute Gasteiger partial charge is 0.258 e. The molecule has 0 spiro atoms. The molecule has 15 heavy (non-hydrogen) atoms. The van der Waals surface area contributed by atoms with Crippen LogP contribution >= 0.6 is 15.9 Å². The summed E-state index contributed by atoms with van der Waals surface area (Å²) in [6.07, 6.45) is -4.73. The van der Waals surface area contributed by atoms with Gasteiger partial charge in [0.15, 0.2) is 0 Å². The molecule has 1 aromatic carbocycles. The summed E-state index contributed by atoms with van der Waals surface area (Å²) in [6.45, 7) is 1.43. The summed E-state index contributed by atoms with van der Waals surface area (Å²) in [5.41, 5.74) is -1.88. The molecule has 0 saturated carbocycles. The zero-order valence-electron chi connectivity index (χ0n) is 7.43. The lowest BCUT2D eigenvalue weighted by Gasteiger charge is -2.09. The van der Waals surface area contributed by atoms with Crippen LogP contribution in [0.2, 0.25) is 0 Å². The van der Waals surface area contributed by atoms with Gasteiger partial charge in [-0.3, -0.25) is 10.1 Å².